The van der Waals surface area contributed by atoms with E-state index in [1.165, 1.54) is 11.8 Å². The number of hydrogen-bond acceptors (Lipinski definition) is 4. The predicted octanol–water partition coefficient (Wildman–Crippen LogP) is 5.15. The molecule has 2 aromatic carbocycles. The maximum Gasteiger partial charge on any atom is 0.262 e. The third-order valence-electron chi connectivity index (χ3n) is 4.06. The lowest BCUT2D eigenvalue weighted by Gasteiger charge is -2.13. The lowest BCUT2D eigenvalue weighted by molar-refractivity contribution is -0.113. The van der Waals surface area contributed by atoms with Crippen LogP contribution in [0.25, 0.3) is 10.9 Å². The highest BCUT2D eigenvalue weighted by Gasteiger charge is 2.14. The van der Waals surface area contributed by atoms with Crippen LogP contribution < -0.4 is 10.9 Å². The molecule has 0 unspecified atom stereocenters. The summed E-state index contributed by atoms with van der Waals surface area (Å²) in [7, 11) is 0. The molecule has 1 heterocycles. The summed E-state index contributed by atoms with van der Waals surface area (Å²) >= 11 is 13.4. The van der Waals surface area contributed by atoms with Crippen molar-refractivity contribution >= 4 is 57.5 Å². The van der Waals surface area contributed by atoms with Crippen LogP contribution in [0.3, 0.4) is 0 Å². The lowest BCUT2D eigenvalue weighted by atomic mass is 10.2. The minimum atomic E-state index is -0.223. The summed E-state index contributed by atoms with van der Waals surface area (Å²) in [5, 5.41) is 4.79. The highest BCUT2D eigenvalue weighted by atomic mass is 35.5. The first-order valence-corrected chi connectivity index (χ1v) is 10.5. The van der Waals surface area contributed by atoms with E-state index in [-0.39, 0.29) is 17.2 Å². The zero-order chi connectivity index (χ0) is 20.3. The van der Waals surface area contributed by atoms with E-state index in [1.807, 2.05) is 19.9 Å². The molecule has 0 bridgehead atoms. The van der Waals surface area contributed by atoms with Crippen LogP contribution in [0.1, 0.15) is 18.9 Å². The van der Waals surface area contributed by atoms with Crippen LogP contribution in [0.2, 0.25) is 10.0 Å². The van der Waals surface area contributed by atoms with Crippen LogP contribution in [0.4, 0.5) is 5.69 Å². The molecule has 0 fully saturated rings. The molecule has 0 aliphatic carbocycles. The molecule has 0 saturated heterocycles. The normalized spacial score (nSPS) is 11.0. The van der Waals surface area contributed by atoms with Gasteiger partial charge in [-0.15, -0.1) is 0 Å². The number of anilines is 1. The molecule has 3 aromatic rings. The quantitative estimate of drug-likeness (QED) is 0.429. The zero-order valence-corrected chi connectivity index (χ0v) is 17.8. The van der Waals surface area contributed by atoms with Gasteiger partial charge in [0.15, 0.2) is 5.16 Å². The molecule has 1 N–H and O–H groups in total. The molecule has 1 aromatic heterocycles. The van der Waals surface area contributed by atoms with Crippen molar-refractivity contribution in [3.05, 3.63) is 62.4 Å². The molecule has 0 atom stereocenters. The van der Waals surface area contributed by atoms with Gasteiger partial charge in [-0.25, -0.2) is 4.98 Å². The Bertz CT molecular complexity index is 1100. The molecule has 28 heavy (non-hydrogen) atoms. The predicted molar refractivity (Wildman–Crippen MR) is 117 cm³/mol. The van der Waals surface area contributed by atoms with Crippen molar-refractivity contribution in [2.45, 2.75) is 32.0 Å². The molecule has 146 valence electrons. The maximum atomic E-state index is 12.8. The molecule has 0 spiro atoms. The summed E-state index contributed by atoms with van der Waals surface area (Å²) < 4.78 is 1.60. The highest BCUT2D eigenvalue weighted by Crippen LogP contribution is 2.24. The third kappa shape index (κ3) is 4.69. The first-order valence-electron chi connectivity index (χ1n) is 8.78. The molecule has 0 saturated carbocycles. The first-order chi connectivity index (χ1) is 13.4. The summed E-state index contributed by atoms with van der Waals surface area (Å²) in [6.07, 6.45) is 0.777. The number of nitrogens with one attached hydrogen (secondary N) is 1. The number of carbonyl (C=O) groups excluding carboxylic acids is 1. The van der Waals surface area contributed by atoms with Gasteiger partial charge in [-0.2, -0.15) is 0 Å². The smallest absolute Gasteiger partial charge is 0.262 e. The summed E-state index contributed by atoms with van der Waals surface area (Å²) in [5.74, 6) is -0.119. The topological polar surface area (TPSA) is 64.0 Å². The van der Waals surface area contributed by atoms with Crippen LogP contribution in [0.5, 0.6) is 0 Å². The van der Waals surface area contributed by atoms with E-state index >= 15 is 0 Å². The molecule has 8 heteroatoms. The summed E-state index contributed by atoms with van der Waals surface area (Å²) in [4.78, 5) is 29.7. The largest absolute Gasteiger partial charge is 0.324 e. The molecule has 3 rings (SSSR count). The second-order valence-electron chi connectivity index (χ2n) is 6.33. The van der Waals surface area contributed by atoms with Crippen LogP contribution in [0, 0.1) is 6.92 Å². The summed E-state index contributed by atoms with van der Waals surface area (Å²) in [6, 6.07) is 10.4. The van der Waals surface area contributed by atoms with Gasteiger partial charge in [-0.05, 0) is 49.2 Å². The van der Waals surface area contributed by atoms with Gasteiger partial charge in [-0.3, -0.25) is 14.2 Å². The average molecular weight is 436 g/mol. The van der Waals surface area contributed by atoms with Gasteiger partial charge in [0.05, 0.1) is 27.4 Å². The second-order valence-corrected chi connectivity index (χ2v) is 8.12. The van der Waals surface area contributed by atoms with E-state index in [0.29, 0.717) is 38.3 Å². The Labute approximate surface area is 177 Å². The molecule has 0 radical (unpaired) electrons. The fraction of sp³-hybridized carbons (Fsp3) is 0.250. The standard InChI is InChI=1S/C20H19Cl2N3O2S/c1-3-8-25-19(27)14-6-5-13(21)10-17(14)24-20(25)28-11-18(26)23-16-7-4-12(2)9-15(16)22/h4-7,9-10H,3,8,11H2,1-2H3,(H,23,26). The highest BCUT2D eigenvalue weighted by molar-refractivity contribution is 7.99. The fourth-order valence-corrected chi connectivity index (χ4v) is 4.02. The monoisotopic (exact) mass is 435 g/mol. The van der Waals surface area contributed by atoms with Crippen LogP contribution in [-0.4, -0.2) is 21.2 Å². The van der Waals surface area contributed by atoms with Crippen LogP contribution >= 0.6 is 35.0 Å². The third-order valence-corrected chi connectivity index (χ3v) is 5.58. The number of fused-ring (bicyclic) bond motifs is 1. The van der Waals surface area contributed by atoms with Crippen molar-refractivity contribution < 1.29 is 4.79 Å². The van der Waals surface area contributed by atoms with E-state index < -0.39 is 0 Å². The van der Waals surface area contributed by atoms with E-state index in [0.717, 1.165) is 12.0 Å². The number of rotatable bonds is 6. The average Bonchev–Trinajstić information content (AvgIpc) is 2.65. The Morgan fingerprint density at radius 3 is 2.71 bits per heavy atom. The lowest BCUT2D eigenvalue weighted by Crippen LogP contribution is -2.24. The van der Waals surface area contributed by atoms with Gasteiger partial charge < -0.3 is 5.32 Å². The van der Waals surface area contributed by atoms with Gasteiger partial charge in [0.1, 0.15) is 0 Å². The van der Waals surface area contributed by atoms with Gasteiger partial charge in [-0.1, -0.05) is 48.0 Å². The molecular weight excluding hydrogens is 417 g/mol. The Hall–Kier alpha value is -2.02. The van der Waals surface area contributed by atoms with Crippen molar-refractivity contribution in [3.63, 3.8) is 0 Å². The Morgan fingerprint density at radius 1 is 1.21 bits per heavy atom. The number of carbonyl (C=O) groups is 1. The Balaban J connectivity index is 1.83. The van der Waals surface area contributed by atoms with E-state index in [2.05, 4.69) is 10.3 Å². The Kier molecular flexibility index (Phi) is 6.65. The van der Waals surface area contributed by atoms with E-state index in [4.69, 9.17) is 23.2 Å². The van der Waals surface area contributed by atoms with E-state index in [1.54, 1.807) is 34.9 Å². The Morgan fingerprint density at radius 2 is 2.00 bits per heavy atom. The SMILES string of the molecule is CCCn1c(SCC(=O)Nc2ccc(C)cc2Cl)nc2cc(Cl)ccc2c1=O. The van der Waals surface area contributed by atoms with Gasteiger partial charge in [0, 0.05) is 11.6 Å². The van der Waals surface area contributed by atoms with Crippen molar-refractivity contribution in [1.82, 2.24) is 9.55 Å². The number of thioether (sulfide) groups is 1. The zero-order valence-electron chi connectivity index (χ0n) is 15.5. The minimum Gasteiger partial charge on any atom is -0.324 e. The number of halogens is 2. The second kappa shape index (κ2) is 8.99. The number of amides is 1. The number of hydrogen-bond donors (Lipinski definition) is 1. The molecule has 0 aliphatic rings. The number of benzene rings is 2. The molecular formula is C20H19Cl2N3O2S. The van der Waals surface area contributed by atoms with Gasteiger partial charge >= 0.3 is 0 Å². The molecule has 1 amide bonds. The number of aromatic nitrogens is 2. The molecule has 5 nitrogen and oxygen atoms in total. The van der Waals surface area contributed by atoms with Gasteiger partial charge in [0.2, 0.25) is 5.91 Å². The van der Waals surface area contributed by atoms with Crippen molar-refractivity contribution in [3.8, 4) is 0 Å². The fourth-order valence-electron chi connectivity index (χ4n) is 2.74. The van der Waals surface area contributed by atoms with Gasteiger partial charge in [0.25, 0.3) is 5.56 Å². The van der Waals surface area contributed by atoms with Crippen molar-refractivity contribution in [1.29, 1.82) is 0 Å². The number of nitrogens with zero attached hydrogens (tertiary/aromatic N) is 2. The maximum absolute atomic E-state index is 12.8. The van der Waals surface area contributed by atoms with Crippen LogP contribution in [0.15, 0.2) is 46.3 Å². The van der Waals surface area contributed by atoms with Crippen molar-refractivity contribution in [2.24, 2.45) is 0 Å². The van der Waals surface area contributed by atoms with Crippen molar-refractivity contribution in [2.75, 3.05) is 11.1 Å². The van der Waals surface area contributed by atoms with Crippen LogP contribution in [-0.2, 0) is 11.3 Å². The number of aryl methyl sites for hydroxylation is 1. The summed E-state index contributed by atoms with van der Waals surface area (Å²) in [6.45, 7) is 4.44. The first kappa shape index (κ1) is 20.7. The van der Waals surface area contributed by atoms with E-state index in [9.17, 15) is 9.59 Å². The molecule has 0 aliphatic heterocycles. The summed E-state index contributed by atoms with van der Waals surface area (Å²) in [5.41, 5.74) is 1.96. The minimum absolute atomic E-state index is 0.104.